The lowest BCUT2D eigenvalue weighted by Crippen LogP contribution is -2.41. The second-order valence-corrected chi connectivity index (χ2v) is 8.02. The summed E-state index contributed by atoms with van der Waals surface area (Å²) in [7, 11) is 4.50. The van der Waals surface area contributed by atoms with Gasteiger partial charge in [-0.1, -0.05) is 17.3 Å². The van der Waals surface area contributed by atoms with Crippen LogP contribution in [0.25, 0.3) is 0 Å². The quantitative estimate of drug-likeness (QED) is 0.677. The maximum Gasteiger partial charge on any atom is 0.235 e. The number of anilines is 2. The van der Waals surface area contributed by atoms with E-state index in [1.807, 2.05) is 12.2 Å². The van der Waals surface area contributed by atoms with Gasteiger partial charge < -0.3 is 28.8 Å². The normalized spacial score (nSPS) is 27.6. The van der Waals surface area contributed by atoms with Crippen LogP contribution in [0.2, 0.25) is 0 Å². The van der Waals surface area contributed by atoms with Crippen LogP contribution < -0.4 is 24.4 Å². The van der Waals surface area contributed by atoms with E-state index in [2.05, 4.69) is 10.5 Å². The van der Waals surface area contributed by atoms with Crippen LogP contribution in [0.4, 0.5) is 11.5 Å². The summed E-state index contributed by atoms with van der Waals surface area (Å²) < 4.78 is 27.3. The lowest BCUT2D eigenvalue weighted by Gasteiger charge is -2.23. The number of nitrogens with zero attached hydrogens (tertiary/aromatic N) is 2. The molecule has 4 atom stereocenters. The van der Waals surface area contributed by atoms with Crippen LogP contribution in [0, 0.1) is 18.8 Å². The third-order valence-corrected chi connectivity index (χ3v) is 6.23. The summed E-state index contributed by atoms with van der Waals surface area (Å²) in [5, 5.41) is 6.84. The highest BCUT2D eigenvalue weighted by Gasteiger charge is 2.67. The number of rotatable bonds is 6. The SMILES string of the molecule is COc1cc(NC(=O)[C@@H]2[C@H]3C=C[C@@]4(CN(c5cc(C)on5)C(=O)[C@@H]24)O3)cc(OC)c1OC. The molecule has 1 spiro atoms. The minimum Gasteiger partial charge on any atom is -0.493 e. The van der Waals surface area contributed by atoms with Gasteiger partial charge in [-0.25, -0.2) is 0 Å². The summed E-state index contributed by atoms with van der Waals surface area (Å²) in [6.07, 6.45) is 3.25. The summed E-state index contributed by atoms with van der Waals surface area (Å²) in [5.74, 6) is 0.366. The lowest BCUT2D eigenvalue weighted by molar-refractivity contribution is -0.128. The van der Waals surface area contributed by atoms with Gasteiger partial charge >= 0.3 is 0 Å². The van der Waals surface area contributed by atoms with Crippen molar-refractivity contribution in [2.45, 2.75) is 18.6 Å². The molecule has 4 heterocycles. The second kappa shape index (κ2) is 7.27. The zero-order chi connectivity index (χ0) is 22.6. The van der Waals surface area contributed by atoms with Gasteiger partial charge in [-0.05, 0) is 6.92 Å². The van der Waals surface area contributed by atoms with Crippen molar-refractivity contribution in [2.24, 2.45) is 11.8 Å². The first-order chi connectivity index (χ1) is 15.4. The van der Waals surface area contributed by atoms with E-state index in [-0.39, 0.29) is 18.4 Å². The molecule has 10 heteroatoms. The number of nitrogens with one attached hydrogen (secondary N) is 1. The number of aryl methyl sites for hydroxylation is 1. The number of aromatic nitrogens is 1. The van der Waals surface area contributed by atoms with Gasteiger partial charge in [0.2, 0.25) is 17.6 Å². The van der Waals surface area contributed by atoms with Crippen molar-refractivity contribution in [3.8, 4) is 17.2 Å². The summed E-state index contributed by atoms with van der Waals surface area (Å²) in [6, 6.07) is 4.97. The first kappa shape index (κ1) is 20.4. The lowest BCUT2D eigenvalue weighted by atomic mass is 9.77. The molecule has 1 aromatic heterocycles. The van der Waals surface area contributed by atoms with Crippen molar-refractivity contribution in [1.82, 2.24) is 5.16 Å². The Balaban J connectivity index is 1.43. The zero-order valence-electron chi connectivity index (χ0n) is 18.1. The third-order valence-electron chi connectivity index (χ3n) is 6.23. The first-order valence-electron chi connectivity index (χ1n) is 10.1. The van der Waals surface area contributed by atoms with Gasteiger partial charge in [0, 0.05) is 23.9 Å². The van der Waals surface area contributed by atoms with Gasteiger partial charge in [-0.15, -0.1) is 0 Å². The fraction of sp³-hybridized carbons (Fsp3) is 0.409. The van der Waals surface area contributed by atoms with Gasteiger partial charge in [-0.2, -0.15) is 0 Å². The Labute approximate surface area is 184 Å². The number of amides is 2. The van der Waals surface area contributed by atoms with E-state index in [4.69, 9.17) is 23.5 Å². The van der Waals surface area contributed by atoms with E-state index in [0.717, 1.165) is 0 Å². The molecular formula is C22H23N3O7. The van der Waals surface area contributed by atoms with Crippen molar-refractivity contribution in [2.75, 3.05) is 38.1 Å². The van der Waals surface area contributed by atoms with E-state index in [9.17, 15) is 9.59 Å². The summed E-state index contributed by atoms with van der Waals surface area (Å²) in [6.45, 7) is 2.04. The molecular weight excluding hydrogens is 418 g/mol. The van der Waals surface area contributed by atoms with Gasteiger partial charge in [0.05, 0.1) is 45.8 Å². The van der Waals surface area contributed by atoms with Crippen molar-refractivity contribution < 1.29 is 33.1 Å². The predicted molar refractivity (Wildman–Crippen MR) is 112 cm³/mol. The van der Waals surface area contributed by atoms with Crippen LogP contribution in [0.5, 0.6) is 17.2 Å². The number of hydrogen-bond acceptors (Lipinski definition) is 8. The molecule has 5 rings (SSSR count). The molecule has 0 aliphatic carbocycles. The number of carbonyl (C=O) groups excluding carboxylic acids is 2. The summed E-state index contributed by atoms with van der Waals surface area (Å²) >= 11 is 0. The van der Waals surface area contributed by atoms with E-state index >= 15 is 0 Å². The molecule has 0 radical (unpaired) electrons. The highest BCUT2D eigenvalue weighted by atomic mass is 16.5. The number of benzene rings is 1. The van der Waals surface area contributed by atoms with Crippen molar-refractivity contribution in [3.63, 3.8) is 0 Å². The Morgan fingerprint density at radius 3 is 2.50 bits per heavy atom. The van der Waals surface area contributed by atoms with Crippen LogP contribution >= 0.6 is 0 Å². The molecule has 10 nitrogen and oxygen atoms in total. The number of hydrogen-bond donors (Lipinski definition) is 1. The number of methoxy groups -OCH3 is 3. The molecule has 3 aliphatic rings. The minimum absolute atomic E-state index is 0.213. The molecule has 2 saturated heterocycles. The van der Waals surface area contributed by atoms with Crippen LogP contribution in [-0.4, -0.2) is 56.6 Å². The Hall–Kier alpha value is -3.53. The van der Waals surface area contributed by atoms with Crippen molar-refractivity contribution in [1.29, 1.82) is 0 Å². The highest BCUT2D eigenvalue weighted by molar-refractivity contribution is 6.05. The van der Waals surface area contributed by atoms with E-state index in [1.54, 1.807) is 25.1 Å². The highest BCUT2D eigenvalue weighted by Crippen LogP contribution is 2.53. The Morgan fingerprint density at radius 2 is 1.91 bits per heavy atom. The molecule has 0 saturated carbocycles. The van der Waals surface area contributed by atoms with Crippen LogP contribution in [-0.2, 0) is 14.3 Å². The van der Waals surface area contributed by atoms with Crippen LogP contribution in [0.15, 0.2) is 34.9 Å². The molecule has 1 aromatic carbocycles. The van der Waals surface area contributed by atoms with E-state index < -0.39 is 23.5 Å². The average molecular weight is 441 g/mol. The van der Waals surface area contributed by atoms with Gasteiger partial charge in [0.25, 0.3) is 0 Å². The van der Waals surface area contributed by atoms with Gasteiger partial charge in [-0.3, -0.25) is 14.5 Å². The molecule has 2 amide bonds. The van der Waals surface area contributed by atoms with E-state index in [0.29, 0.717) is 34.5 Å². The molecule has 0 unspecified atom stereocenters. The van der Waals surface area contributed by atoms with Crippen LogP contribution in [0.1, 0.15) is 5.76 Å². The zero-order valence-corrected chi connectivity index (χ0v) is 18.1. The Kier molecular flexibility index (Phi) is 4.63. The van der Waals surface area contributed by atoms with Gasteiger partial charge in [0.1, 0.15) is 11.4 Å². The molecule has 2 bridgehead atoms. The number of fused-ring (bicyclic) bond motifs is 1. The minimum atomic E-state index is -0.855. The van der Waals surface area contributed by atoms with Crippen molar-refractivity contribution in [3.05, 3.63) is 36.1 Å². The van der Waals surface area contributed by atoms with E-state index in [1.165, 1.54) is 26.2 Å². The standard InChI is InChI=1S/C22H23N3O7/c1-11-7-16(24-32-11)25-10-22-6-5-13(31-22)17(18(22)21(25)27)20(26)23-12-8-14(28-2)19(30-4)15(9-12)29-3/h5-9,13,17-18H,10H2,1-4H3,(H,23,26)/t13-,17-,18-,22+/m1/s1. The molecule has 32 heavy (non-hydrogen) atoms. The monoisotopic (exact) mass is 441 g/mol. The van der Waals surface area contributed by atoms with Gasteiger partial charge in [0.15, 0.2) is 17.3 Å². The average Bonchev–Trinajstić information content (AvgIpc) is 3.53. The first-order valence-corrected chi connectivity index (χ1v) is 10.1. The smallest absolute Gasteiger partial charge is 0.235 e. The maximum atomic E-state index is 13.3. The molecule has 2 fully saturated rings. The second-order valence-electron chi connectivity index (χ2n) is 8.02. The largest absolute Gasteiger partial charge is 0.493 e. The predicted octanol–water partition coefficient (Wildman–Crippen LogP) is 1.93. The Morgan fingerprint density at radius 1 is 1.19 bits per heavy atom. The summed E-state index contributed by atoms with van der Waals surface area (Å²) in [4.78, 5) is 28.2. The molecule has 2 aromatic rings. The molecule has 3 aliphatic heterocycles. The Bertz CT molecular complexity index is 1100. The number of ether oxygens (including phenoxy) is 4. The topological polar surface area (TPSA) is 112 Å². The molecule has 1 N–H and O–H groups in total. The fourth-order valence-electron chi connectivity index (χ4n) is 4.85. The number of carbonyl (C=O) groups is 2. The molecule has 168 valence electrons. The van der Waals surface area contributed by atoms with Crippen LogP contribution in [0.3, 0.4) is 0 Å². The van der Waals surface area contributed by atoms with Crippen molar-refractivity contribution >= 4 is 23.3 Å². The third kappa shape index (κ3) is 2.86. The fourth-order valence-corrected chi connectivity index (χ4v) is 4.85. The summed E-state index contributed by atoms with van der Waals surface area (Å²) in [5.41, 5.74) is -0.397. The maximum absolute atomic E-state index is 13.3.